The second kappa shape index (κ2) is 2.08. The Hall–Kier alpha value is -0.340. The third kappa shape index (κ3) is 0.932. The number of benzene rings is 1. The quantitative estimate of drug-likeness (QED) is 0.700. The van der Waals surface area contributed by atoms with Crippen LogP contribution < -0.4 is 0 Å². The van der Waals surface area contributed by atoms with Gasteiger partial charge in [-0.2, -0.15) is 0 Å². The molecule has 1 atom stereocenters. The maximum atomic E-state index is 9.72. The Bertz CT molecular complexity index is 290. The average Bonchev–Trinajstić information content (AvgIpc) is 1.84. The Morgan fingerprint density at radius 1 is 1.55 bits per heavy atom. The molecule has 1 N–H and O–H groups in total. The normalized spacial score (nSPS) is 27.5. The van der Waals surface area contributed by atoms with Gasteiger partial charge in [0.1, 0.15) is 0 Å². The van der Waals surface area contributed by atoms with Gasteiger partial charge >= 0.3 is 0 Å². The summed E-state index contributed by atoms with van der Waals surface area (Å²) >= 11 is 3.41. The molecule has 1 aromatic rings. The third-order valence-corrected chi connectivity index (χ3v) is 2.83. The van der Waals surface area contributed by atoms with Crippen LogP contribution in [-0.4, -0.2) is 5.11 Å². The summed E-state index contributed by atoms with van der Waals surface area (Å²) in [7, 11) is 0. The van der Waals surface area contributed by atoms with Crippen molar-refractivity contribution in [1.82, 2.24) is 0 Å². The lowest BCUT2D eigenvalue weighted by Crippen LogP contribution is -2.35. The lowest BCUT2D eigenvalue weighted by atomic mass is 9.75. The fourth-order valence-corrected chi connectivity index (χ4v) is 2.51. The molecule has 11 heavy (non-hydrogen) atoms. The molecule has 1 unspecified atom stereocenters. The van der Waals surface area contributed by atoms with Crippen molar-refractivity contribution in [3.05, 3.63) is 33.8 Å². The van der Waals surface area contributed by atoms with Crippen LogP contribution in [0.3, 0.4) is 0 Å². The van der Waals surface area contributed by atoms with Gasteiger partial charge in [-0.3, -0.25) is 0 Å². The number of fused-ring (bicyclic) bond motifs is 1. The topological polar surface area (TPSA) is 20.2 Å². The summed E-state index contributed by atoms with van der Waals surface area (Å²) in [5.74, 6) is 0. The highest BCUT2D eigenvalue weighted by Gasteiger charge is 2.37. The van der Waals surface area contributed by atoms with Gasteiger partial charge in [-0.25, -0.2) is 0 Å². The largest absolute Gasteiger partial charge is 0.385 e. The van der Waals surface area contributed by atoms with E-state index >= 15 is 0 Å². The van der Waals surface area contributed by atoms with Crippen LogP contribution in [0, 0.1) is 0 Å². The second-order valence-corrected chi connectivity index (χ2v) is 4.08. The molecule has 0 amide bonds. The average molecular weight is 213 g/mol. The highest BCUT2D eigenvalue weighted by Crippen LogP contribution is 2.42. The fraction of sp³-hybridized carbons (Fsp3) is 0.333. The van der Waals surface area contributed by atoms with E-state index in [0.717, 1.165) is 16.5 Å². The molecule has 0 radical (unpaired) electrons. The van der Waals surface area contributed by atoms with E-state index in [4.69, 9.17) is 0 Å². The number of rotatable bonds is 0. The van der Waals surface area contributed by atoms with Crippen LogP contribution in [0.5, 0.6) is 0 Å². The predicted octanol–water partition coefficient (Wildman–Crippen LogP) is 2.21. The Labute approximate surface area is 74.2 Å². The van der Waals surface area contributed by atoms with Crippen LogP contribution in [0.25, 0.3) is 0 Å². The standard InChI is InChI=1S/C9H9BrO/c1-9(11)5-6-3-2-4-7(10)8(6)9/h2-4,11H,5H2,1H3. The molecule has 1 aliphatic carbocycles. The molecule has 1 nitrogen and oxygen atoms in total. The van der Waals surface area contributed by atoms with E-state index in [1.54, 1.807) is 0 Å². The molecule has 2 heteroatoms. The van der Waals surface area contributed by atoms with Crippen molar-refractivity contribution in [2.24, 2.45) is 0 Å². The van der Waals surface area contributed by atoms with Crippen LogP contribution in [0.1, 0.15) is 18.1 Å². The maximum absolute atomic E-state index is 9.72. The molecule has 0 heterocycles. The minimum Gasteiger partial charge on any atom is -0.385 e. The van der Waals surface area contributed by atoms with Crippen LogP contribution in [0.2, 0.25) is 0 Å². The van der Waals surface area contributed by atoms with Crippen molar-refractivity contribution >= 4 is 15.9 Å². The summed E-state index contributed by atoms with van der Waals surface area (Å²) in [6.07, 6.45) is 0.780. The van der Waals surface area contributed by atoms with E-state index in [-0.39, 0.29) is 0 Å². The lowest BCUT2D eigenvalue weighted by Gasteiger charge is -2.37. The number of hydrogen-bond donors (Lipinski definition) is 1. The number of aliphatic hydroxyl groups is 1. The molecule has 0 aliphatic heterocycles. The van der Waals surface area contributed by atoms with Crippen LogP contribution >= 0.6 is 15.9 Å². The first kappa shape index (κ1) is 7.32. The number of halogens is 1. The van der Waals surface area contributed by atoms with Crippen molar-refractivity contribution in [3.8, 4) is 0 Å². The summed E-state index contributed by atoms with van der Waals surface area (Å²) in [5, 5.41) is 9.72. The van der Waals surface area contributed by atoms with Crippen molar-refractivity contribution in [2.75, 3.05) is 0 Å². The van der Waals surface area contributed by atoms with Gasteiger partial charge in [-0.1, -0.05) is 28.1 Å². The molecule has 58 valence electrons. The SMILES string of the molecule is CC1(O)Cc2cccc(Br)c21. The van der Waals surface area contributed by atoms with E-state index in [9.17, 15) is 5.11 Å². The molecule has 1 aromatic carbocycles. The Balaban J connectivity index is 2.60. The predicted molar refractivity (Wildman–Crippen MR) is 47.4 cm³/mol. The van der Waals surface area contributed by atoms with Gasteiger partial charge < -0.3 is 5.11 Å². The number of hydrogen-bond acceptors (Lipinski definition) is 1. The molecular weight excluding hydrogens is 204 g/mol. The van der Waals surface area contributed by atoms with Gasteiger partial charge in [-0.15, -0.1) is 0 Å². The first-order valence-electron chi connectivity index (χ1n) is 3.61. The first-order valence-corrected chi connectivity index (χ1v) is 4.41. The Morgan fingerprint density at radius 2 is 2.27 bits per heavy atom. The molecule has 0 fully saturated rings. The van der Waals surface area contributed by atoms with Gasteiger partial charge in [0.05, 0.1) is 5.60 Å². The van der Waals surface area contributed by atoms with Gasteiger partial charge in [0.2, 0.25) is 0 Å². The molecule has 0 saturated heterocycles. The summed E-state index contributed by atoms with van der Waals surface area (Å²) in [4.78, 5) is 0. The van der Waals surface area contributed by atoms with Crippen molar-refractivity contribution in [3.63, 3.8) is 0 Å². The van der Waals surface area contributed by atoms with Gasteiger partial charge in [0, 0.05) is 16.5 Å². The molecule has 0 aromatic heterocycles. The minimum absolute atomic E-state index is 0.602. The van der Waals surface area contributed by atoms with Crippen LogP contribution in [0.4, 0.5) is 0 Å². The van der Waals surface area contributed by atoms with Crippen LogP contribution in [0.15, 0.2) is 22.7 Å². The van der Waals surface area contributed by atoms with Gasteiger partial charge in [-0.05, 0) is 18.6 Å². The molecule has 0 saturated carbocycles. The highest BCUT2D eigenvalue weighted by molar-refractivity contribution is 9.10. The maximum Gasteiger partial charge on any atom is 0.0922 e. The van der Waals surface area contributed by atoms with Crippen molar-refractivity contribution < 1.29 is 5.11 Å². The smallest absolute Gasteiger partial charge is 0.0922 e. The first-order chi connectivity index (χ1) is 5.11. The molecule has 0 spiro atoms. The molecule has 0 bridgehead atoms. The van der Waals surface area contributed by atoms with Gasteiger partial charge in [0.15, 0.2) is 0 Å². The summed E-state index contributed by atoms with van der Waals surface area (Å²) in [5.41, 5.74) is 1.71. The van der Waals surface area contributed by atoms with E-state index in [1.807, 2.05) is 19.1 Å². The van der Waals surface area contributed by atoms with Crippen LogP contribution in [-0.2, 0) is 12.0 Å². The van der Waals surface area contributed by atoms with E-state index in [2.05, 4.69) is 22.0 Å². The fourth-order valence-electron chi connectivity index (χ4n) is 1.67. The van der Waals surface area contributed by atoms with E-state index < -0.39 is 5.60 Å². The zero-order valence-corrected chi connectivity index (χ0v) is 7.85. The van der Waals surface area contributed by atoms with Gasteiger partial charge in [0.25, 0.3) is 0 Å². The Morgan fingerprint density at radius 3 is 2.73 bits per heavy atom. The minimum atomic E-state index is -0.602. The second-order valence-electron chi connectivity index (χ2n) is 3.22. The summed E-state index contributed by atoms with van der Waals surface area (Å²) in [6.45, 7) is 1.85. The third-order valence-electron chi connectivity index (χ3n) is 2.17. The molecular formula is C9H9BrO. The van der Waals surface area contributed by atoms with Crippen molar-refractivity contribution in [1.29, 1.82) is 0 Å². The highest BCUT2D eigenvalue weighted by atomic mass is 79.9. The molecule has 2 rings (SSSR count). The lowest BCUT2D eigenvalue weighted by molar-refractivity contribution is 0.0320. The van der Waals surface area contributed by atoms with Crippen molar-refractivity contribution in [2.45, 2.75) is 18.9 Å². The summed E-state index contributed by atoms with van der Waals surface area (Å²) in [6, 6.07) is 6.02. The molecule has 1 aliphatic rings. The zero-order valence-electron chi connectivity index (χ0n) is 6.26. The zero-order chi connectivity index (χ0) is 8.06. The summed E-state index contributed by atoms with van der Waals surface area (Å²) < 4.78 is 1.02. The van der Waals surface area contributed by atoms with E-state index in [0.29, 0.717) is 0 Å². The van der Waals surface area contributed by atoms with E-state index in [1.165, 1.54) is 5.56 Å². The Kier molecular flexibility index (Phi) is 1.38. The monoisotopic (exact) mass is 212 g/mol.